The van der Waals surface area contributed by atoms with Gasteiger partial charge in [-0.15, -0.1) is 0 Å². The van der Waals surface area contributed by atoms with Crippen molar-refractivity contribution in [1.82, 2.24) is 4.90 Å². The van der Waals surface area contributed by atoms with E-state index in [2.05, 4.69) is 105 Å². The molecule has 3 heterocycles. The van der Waals surface area contributed by atoms with E-state index >= 15 is 0 Å². The minimum atomic E-state index is -0.862. The number of aliphatic imine (C=N–C) groups is 1. The van der Waals surface area contributed by atoms with Crippen molar-refractivity contribution in [2.24, 2.45) is 21.2 Å². The van der Waals surface area contributed by atoms with Crippen molar-refractivity contribution in [2.45, 2.75) is 46.0 Å². The molecule has 1 aliphatic carbocycles. The van der Waals surface area contributed by atoms with Crippen molar-refractivity contribution in [3.05, 3.63) is 59.7 Å². The average Bonchev–Trinajstić information content (AvgIpc) is 2.93. The molecule has 3 fully saturated rings. The van der Waals surface area contributed by atoms with Crippen LogP contribution in [0.1, 0.15) is 43.2 Å². The fourth-order valence-electron chi connectivity index (χ4n) is 7.38. The maximum atomic E-state index is 11.1. The predicted octanol–water partition coefficient (Wildman–Crippen LogP) is 4.54. The van der Waals surface area contributed by atoms with Crippen LogP contribution in [0.3, 0.4) is 0 Å². The molecule has 4 aliphatic rings. The van der Waals surface area contributed by atoms with Crippen molar-refractivity contribution in [3.63, 3.8) is 0 Å². The second-order valence-corrected chi connectivity index (χ2v) is 12.1. The van der Waals surface area contributed by atoms with Gasteiger partial charge in [0.2, 0.25) is 0 Å². The van der Waals surface area contributed by atoms with E-state index in [1.807, 2.05) is 0 Å². The van der Waals surface area contributed by atoms with Gasteiger partial charge in [0.15, 0.2) is 0 Å². The molecule has 37 heavy (non-hydrogen) atoms. The van der Waals surface area contributed by atoms with Crippen LogP contribution in [0.2, 0.25) is 0 Å². The first-order valence-corrected chi connectivity index (χ1v) is 14.1. The van der Waals surface area contributed by atoms with E-state index < -0.39 is 16.2 Å². The molecular formula is C30H32N6Se. The standard InChI is InChI=1S/C30H32N6Se/c1-22-6-10-24(11-7-22)34-18-28(16-31)26-33-20-35(25-12-8-23(2)9-13-25)21-36(26)27(37)29(17-32,19-34)30(28)14-4-3-5-15-30/h6-13H,3-5,14-15,18-21H2,1-2H3. The van der Waals surface area contributed by atoms with Gasteiger partial charge in [0.1, 0.15) is 0 Å². The fourth-order valence-corrected chi connectivity index (χ4v) is 8.32. The first-order valence-electron chi connectivity index (χ1n) is 13.2. The number of nitrogens with zero attached hydrogens (tertiary/aromatic N) is 6. The number of rotatable bonds is 2. The number of aryl methyl sites for hydroxylation is 2. The van der Waals surface area contributed by atoms with Gasteiger partial charge in [-0.1, -0.05) is 0 Å². The molecule has 0 amide bonds. The van der Waals surface area contributed by atoms with E-state index in [1.54, 1.807) is 0 Å². The molecule has 3 aliphatic heterocycles. The molecule has 1 spiro atoms. The van der Waals surface area contributed by atoms with Crippen molar-refractivity contribution in [1.29, 1.82) is 10.5 Å². The van der Waals surface area contributed by atoms with Crippen LogP contribution in [0, 0.1) is 52.8 Å². The average molecular weight is 556 g/mol. The van der Waals surface area contributed by atoms with E-state index in [0.29, 0.717) is 26.4 Å². The number of piperidine rings is 2. The quantitative estimate of drug-likeness (QED) is 0.509. The summed E-state index contributed by atoms with van der Waals surface area (Å²) in [5.41, 5.74) is 2.45. The van der Waals surface area contributed by atoms with Gasteiger partial charge in [-0.05, 0) is 0 Å². The Morgan fingerprint density at radius 2 is 1.32 bits per heavy atom. The molecule has 0 N–H and O–H groups in total. The van der Waals surface area contributed by atoms with Crippen molar-refractivity contribution < 1.29 is 0 Å². The van der Waals surface area contributed by atoms with Gasteiger partial charge in [-0.2, -0.15) is 0 Å². The topological polar surface area (TPSA) is 69.7 Å². The van der Waals surface area contributed by atoms with E-state index in [-0.39, 0.29) is 0 Å². The summed E-state index contributed by atoms with van der Waals surface area (Å²) in [5.74, 6) is 0.844. The zero-order valence-electron chi connectivity index (χ0n) is 21.6. The summed E-state index contributed by atoms with van der Waals surface area (Å²) in [5, 5.41) is 22.2. The molecule has 2 saturated heterocycles. The summed E-state index contributed by atoms with van der Waals surface area (Å²) < 4.78 is 0.926. The molecule has 0 aromatic heterocycles. The Morgan fingerprint density at radius 1 is 0.784 bits per heavy atom. The Balaban J connectivity index is 1.52. The summed E-state index contributed by atoms with van der Waals surface area (Å²) in [6, 6.07) is 22.7. The van der Waals surface area contributed by atoms with Gasteiger partial charge in [0.25, 0.3) is 0 Å². The third-order valence-corrected chi connectivity index (χ3v) is 10.5. The summed E-state index contributed by atoms with van der Waals surface area (Å²) in [6.07, 6.45) is 5.03. The van der Waals surface area contributed by atoms with Crippen LogP contribution < -0.4 is 9.80 Å². The molecule has 1 saturated carbocycles. The third kappa shape index (κ3) is 3.27. The van der Waals surface area contributed by atoms with Gasteiger partial charge in [0.05, 0.1) is 0 Å². The van der Waals surface area contributed by atoms with E-state index in [1.165, 1.54) is 11.1 Å². The predicted molar refractivity (Wildman–Crippen MR) is 148 cm³/mol. The Morgan fingerprint density at radius 3 is 1.89 bits per heavy atom. The van der Waals surface area contributed by atoms with Crippen LogP contribution in [0.25, 0.3) is 0 Å². The molecule has 6 nitrogen and oxygen atoms in total. The number of hydrogen-bond donors (Lipinski definition) is 0. The molecule has 2 bridgehead atoms. The van der Waals surface area contributed by atoms with Crippen LogP contribution in [0.4, 0.5) is 11.4 Å². The van der Waals surface area contributed by atoms with Gasteiger partial charge < -0.3 is 0 Å². The second kappa shape index (κ2) is 8.73. The molecule has 2 unspecified atom stereocenters. The molecule has 0 radical (unpaired) electrons. The van der Waals surface area contributed by atoms with Crippen LogP contribution in [-0.4, -0.2) is 57.3 Å². The van der Waals surface area contributed by atoms with E-state index in [4.69, 9.17) is 4.99 Å². The normalized spacial score (nSPS) is 28.3. The molecule has 6 rings (SSSR count). The summed E-state index contributed by atoms with van der Waals surface area (Å²) in [7, 11) is 0. The van der Waals surface area contributed by atoms with Crippen molar-refractivity contribution in [2.75, 3.05) is 36.2 Å². The van der Waals surface area contributed by atoms with Gasteiger partial charge in [0, 0.05) is 0 Å². The number of anilines is 2. The summed E-state index contributed by atoms with van der Waals surface area (Å²) in [6.45, 7) is 6.39. The van der Waals surface area contributed by atoms with Crippen molar-refractivity contribution >= 4 is 37.3 Å². The van der Waals surface area contributed by atoms with Gasteiger partial charge >= 0.3 is 228 Å². The zero-order valence-corrected chi connectivity index (χ0v) is 23.3. The number of hydrogen-bond acceptors (Lipinski definition) is 6. The SMILES string of the molecule is Cc1ccc(N2CN=C3N(C2)C(=[Se])C2(C#N)CN(c4ccc(C)cc4)CC3(C#N)C23CCCCC3)cc1. The Hall–Kier alpha value is -3.12. The molecule has 2 aromatic carbocycles. The number of benzene rings is 2. The third-order valence-electron chi connectivity index (χ3n) is 9.33. The minimum absolute atomic E-state index is 0.453. The monoisotopic (exact) mass is 556 g/mol. The first-order chi connectivity index (χ1) is 17.9. The van der Waals surface area contributed by atoms with Crippen LogP contribution in [0.5, 0.6) is 0 Å². The first kappa shape index (κ1) is 24.2. The van der Waals surface area contributed by atoms with Crippen LogP contribution >= 0.6 is 0 Å². The number of amidine groups is 1. The van der Waals surface area contributed by atoms with E-state index in [0.717, 1.165) is 53.9 Å². The number of fused-ring (bicyclic) bond motifs is 2. The summed E-state index contributed by atoms with van der Waals surface area (Å²) >= 11 is 3.38. The molecule has 188 valence electrons. The molecule has 7 heteroatoms. The van der Waals surface area contributed by atoms with Crippen LogP contribution in [0.15, 0.2) is 53.5 Å². The maximum absolute atomic E-state index is 11.1. The summed E-state index contributed by atoms with van der Waals surface area (Å²) in [4.78, 5) is 11.8. The Bertz CT molecular complexity index is 1340. The Labute approximate surface area is 227 Å². The molecule has 2 aromatic rings. The van der Waals surface area contributed by atoms with Gasteiger partial charge in [-0.3, -0.25) is 0 Å². The van der Waals surface area contributed by atoms with E-state index in [9.17, 15) is 10.5 Å². The van der Waals surface area contributed by atoms with Gasteiger partial charge in [-0.25, -0.2) is 0 Å². The van der Waals surface area contributed by atoms with Crippen LogP contribution in [-0.2, 0) is 0 Å². The fraction of sp³-hybridized carbons (Fsp3) is 0.467. The zero-order chi connectivity index (χ0) is 25.8. The number of nitriles is 2. The van der Waals surface area contributed by atoms with Crippen molar-refractivity contribution in [3.8, 4) is 12.1 Å². The Kier molecular flexibility index (Phi) is 5.71. The molecule has 2 atom stereocenters. The molecular weight excluding hydrogens is 523 g/mol. The second-order valence-electron chi connectivity index (χ2n) is 11.2.